The summed E-state index contributed by atoms with van der Waals surface area (Å²) in [5.74, 6) is 1.53. The molecule has 0 amide bonds. The Balaban J connectivity index is 2.29. The molecule has 1 N–H and O–H groups in total. The van der Waals surface area contributed by atoms with E-state index in [1.54, 1.807) is 10.9 Å². The first-order valence-corrected chi connectivity index (χ1v) is 6.65. The highest BCUT2D eigenvalue weighted by molar-refractivity contribution is 5.86. The van der Waals surface area contributed by atoms with Crippen LogP contribution in [0.1, 0.15) is 19.2 Å². The van der Waals surface area contributed by atoms with Crippen molar-refractivity contribution in [3.8, 4) is 6.07 Å². The van der Waals surface area contributed by atoms with Crippen molar-refractivity contribution < 1.29 is 0 Å². The second-order valence-electron chi connectivity index (χ2n) is 4.52. The minimum atomic E-state index is 0.515. The first kappa shape index (κ1) is 14.2. The van der Waals surface area contributed by atoms with E-state index in [1.807, 2.05) is 14.1 Å². The average Bonchev–Trinajstić information content (AvgIpc) is 2.84. The Bertz CT molecular complexity index is 625. The monoisotopic (exact) mass is 273 g/mol. The predicted molar refractivity (Wildman–Crippen MR) is 77.0 cm³/mol. The lowest BCUT2D eigenvalue weighted by molar-refractivity contribution is 0.280. The van der Waals surface area contributed by atoms with Crippen molar-refractivity contribution >= 4 is 16.9 Å². The van der Waals surface area contributed by atoms with Crippen molar-refractivity contribution in [2.45, 2.75) is 19.9 Å². The fourth-order valence-electron chi connectivity index (χ4n) is 2.09. The van der Waals surface area contributed by atoms with Crippen molar-refractivity contribution in [1.82, 2.24) is 24.6 Å². The SMILES string of the molecule is CCN(CCC#N)Cc1nc(NC)c2cnn(C)c2n1. The Labute approximate surface area is 118 Å². The second-order valence-corrected chi connectivity index (χ2v) is 4.52. The molecule has 2 aromatic rings. The number of anilines is 1. The van der Waals surface area contributed by atoms with Gasteiger partial charge in [-0.05, 0) is 6.54 Å². The third-order valence-electron chi connectivity index (χ3n) is 3.23. The minimum Gasteiger partial charge on any atom is -0.372 e. The van der Waals surface area contributed by atoms with Gasteiger partial charge in [0.25, 0.3) is 0 Å². The Morgan fingerprint density at radius 1 is 1.45 bits per heavy atom. The lowest BCUT2D eigenvalue weighted by Crippen LogP contribution is -2.25. The number of nitrogens with zero attached hydrogens (tertiary/aromatic N) is 6. The Morgan fingerprint density at radius 3 is 2.90 bits per heavy atom. The summed E-state index contributed by atoms with van der Waals surface area (Å²) in [5.41, 5.74) is 0.815. The van der Waals surface area contributed by atoms with Gasteiger partial charge in [-0.1, -0.05) is 6.92 Å². The van der Waals surface area contributed by atoms with Crippen LogP contribution < -0.4 is 5.32 Å². The lowest BCUT2D eigenvalue weighted by Gasteiger charge is -2.18. The molecule has 2 aromatic heterocycles. The number of hydrogen-bond donors (Lipinski definition) is 1. The number of nitrogens with one attached hydrogen (secondary N) is 1. The molecule has 106 valence electrons. The Hall–Kier alpha value is -2.20. The van der Waals surface area contributed by atoms with Gasteiger partial charge < -0.3 is 5.32 Å². The van der Waals surface area contributed by atoms with Crippen LogP contribution >= 0.6 is 0 Å². The second kappa shape index (κ2) is 6.30. The third kappa shape index (κ3) is 2.86. The number of fused-ring (bicyclic) bond motifs is 1. The molecule has 0 spiro atoms. The standard InChI is InChI=1S/C13H19N7/c1-4-20(7-5-6-14)9-11-17-12(15-2)10-8-16-19(3)13(10)18-11/h8H,4-5,7,9H2,1-3H3,(H,15,17,18). The molecule has 2 rings (SSSR count). The largest absolute Gasteiger partial charge is 0.372 e. The Kier molecular flexibility index (Phi) is 4.48. The summed E-state index contributed by atoms with van der Waals surface area (Å²) < 4.78 is 1.74. The zero-order valence-corrected chi connectivity index (χ0v) is 12.1. The molecule has 0 unspecified atom stereocenters. The van der Waals surface area contributed by atoms with Gasteiger partial charge in [-0.25, -0.2) is 9.97 Å². The molecular formula is C13H19N7. The van der Waals surface area contributed by atoms with Gasteiger partial charge in [0.1, 0.15) is 11.6 Å². The quantitative estimate of drug-likeness (QED) is 0.850. The summed E-state index contributed by atoms with van der Waals surface area (Å²) in [7, 11) is 3.71. The molecule has 7 nitrogen and oxygen atoms in total. The molecule has 7 heteroatoms. The summed E-state index contributed by atoms with van der Waals surface area (Å²) in [6.45, 7) is 4.30. The van der Waals surface area contributed by atoms with Crippen LogP contribution in [0.3, 0.4) is 0 Å². The molecule has 20 heavy (non-hydrogen) atoms. The molecule has 0 atom stereocenters. The fraction of sp³-hybridized carbons (Fsp3) is 0.538. The molecular weight excluding hydrogens is 254 g/mol. The summed E-state index contributed by atoms with van der Waals surface area (Å²) >= 11 is 0. The topological polar surface area (TPSA) is 82.7 Å². The van der Waals surface area contributed by atoms with Crippen LogP contribution in [-0.2, 0) is 13.6 Å². The molecule has 0 aliphatic heterocycles. The van der Waals surface area contributed by atoms with Gasteiger partial charge >= 0.3 is 0 Å². The highest BCUT2D eigenvalue weighted by Gasteiger charge is 2.12. The summed E-state index contributed by atoms with van der Waals surface area (Å²) in [6.07, 6.45) is 2.28. The third-order valence-corrected chi connectivity index (χ3v) is 3.23. The Morgan fingerprint density at radius 2 is 2.25 bits per heavy atom. The van der Waals surface area contributed by atoms with Gasteiger partial charge in [-0.15, -0.1) is 0 Å². The zero-order valence-electron chi connectivity index (χ0n) is 12.1. The lowest BCUT2D eigenvalue weighted by atomic mass is 10.3. The first-order chi connectivity index (χ1) is 9.69. The van der Waals surface area contributed by atoms with Crippen molar-refractivity contribution in [1.29, 1.82) is 5.26 Å². The molecule has 0 saturated carbocycles. The van der Waals surface area contributed by atoms with Crippen LogP contribution in [0.15, 0.2) is 6.20 Å². The van der Waals surface area contributed by atoms with Crippen LogP contribution in [0, 0.1) is 11.3 Å². The van der Waals surface area contributed by atoms with E-state index in [-0.39, 0.29) is 0 Å². The van der Waals surface area contributed by atoms with Crippen LogP contribution in [0.5, 0.6) is 0 Å². The van der Waals surface area contributed by atoms with Crippen molar-refractivity contribution in [2.24, 2.45) is 7.05 Å². The van der Waals surface area contributed by atoms with Crippen molar-refractivity contribution in [2.75, 3.05) is 25.5 Å². The van der Waals surface area contributed by atoms with E-state index < -0.39 is 0 Å². The molecule has 0 aliphatic rings. The fourth-order valence-corrected chi connectivity index (χ4v) is 2.09. The van der Waals surface area contributed by atoms with Crippen LogP contribution in [0.4, 0.5) is 5.82 Å². The van der Waals surface area contributed by atoms with E-state index in [4.69, 9.17) is 5.26 Å². The highest BCUT2D eigenvalue weighted by atomic mass is 15.3. The average molecular weight is 273 g/mol. The smallest absolute Gasteiger partial charge is 0.163 e. The number of aryl methyl sites for hydroxylation is 1. The van der Waals surface area contributed by atoms with E-state index in [1.165, 1.54) is 0 Å². The normalized spacial score (nSPS) is 10.9. The maximum absolute atomic E-state index is 8.68. The van der Waals surface area contributed by atoms with Crippen LogP contribution in [0.2, 0.25) is 0 Å². The van der Waals surface area contributed by atoms with Gasteiger partial charge in [0.15, 0.2) is 5.65 Å². The van der Waals surface area contributed by atoms with Gasteiger partial charge in [-0.3, -0.25) is 9.58 Å². The van der Waals surface area contributed by atoms with Crippen molar-refractivity contribution in [3.63, 3.8) is 0 Å². The van der Waals surface area contributed by atoms with E-state index >= 15 is 0 Å². The molecule has 0 fully saturated rings. The van der Waals surface area contributed by atoms with Gasteiger partial charge in [0.2, 0.25) is 0 Å². The summed E-state index contributed by atoms with van der Waals surface area (Å²) in [5, 5.41) is 16.9. The van der Waals surface area contributed by atoms with E-state index in [9.17, 15) is 0 Å². The summed E-state index contributed by atoms with van der Waals surface area (Å²) in [4.78, 5) is 11.2. The number of hydrogen-bond acceptors (Lipinski definition) is 6. The maximum atomic E-state index is 8.68. The van der Waals surface area contributed by atoms with Crippen LogP contribution in [-0.4, -0.2) is 44.8 Å². The summed E-state index contributed by atoms with van der Waals surface area (Å²) in [6, 6.07) is 2.17. The minimum absolute atomic E-state index is 0.515. The number of rotatable bonds is 6. The zero-order chi connectivity index (χ0) is 14.5. The van der Waals surface area contributed by atoms with Gasteiger partial charge in [0.05, 0.1) is 24.2 Å². The number of nitriles is 1. The van der Waals surface area contributed by atoms with Gasteiger partial charge in [0, 0.05) is 27.1 Å². The van der Waals surface area contributed by atoms with E-state index in [2.05, 4.69) is 38.3 Å². The first-order valence-electron chi connectivity index (χ1n) is 6.65. The predicted octanol–water partition coefficient (Wildman–Crippen LogP) is 1.14. The number of aromatic nitrogens is 4. The maximum Gasteiger partial charge on any atom is 0.163 e. The van der Waals surface area contributed by atoms with E-state index in [0.29, 0.717) is 13.0 Å². The molecule has 0 aromatic carbocycles. The molecule has 0 saturated heterocycles. The highest BCUT2D eigenvalue weighted by Crippen LogP contribution is 2.19. The molecule has 0 aliphatic carbocycles. The molecule has 2 heterocycles. The molecule has 0 radical (unpaired) electrons. The van der Waals surface area contributed by atoms with E-state index in [0.717, 1.165) is 35.8 Å². The van der Waals surface area contributed by atoms with Crippen LogP contribution in [0.25, 0.3) is 11.0 Å². The van der Waals surface area contributed by atoms with Gasteiger partial charge in [-0.2, -0.15) is 10.4 Å². The molecule has 0 bridgehead atoms. The van der Waals surface area contributed by atoms with Crippen molar-refractivity contribution in [3.05, 3.63) is 12.0 Å².